The first-order chi connectivity index (χ1) is 17.5. The van der Waals surface area contributed by atoms with Crippen molar-refractivity contribution in [1.82, 2.24) is 14.8 Å². The Morgan fingerprint density at radius 3 is 2.28 bits per heavy atom. The Morgan fingerprint density at radius 1 is 0.917 bits per heavy atom. The third kappa shape index (κ3) is 5.92. The Balaban J connectivity index is 1.47. The van der Waals surface area contributed by atoms with Gasteiger partial charge in [-0.2, -0.15) is 0 Å². The minimum Gasteiger partial charge on any atom is -0.465 e. The first kappa shape index (κ1) is 25.0. The molecule has 0 saturated carbocycles. The number of para-hydroxylation sites is 2. The molecule has 0 aliphatic heterocycles. The zero-order valence-corrected chi connectivity index (χ0v) is 21.1. The number of carbonyl (C=O) groups excluding carboxylic acids is 2. The van der Waals surface area contributed by atoms with Gasteiger partial charge in [-0.1, -0.05) is 48.2 Å². The average molecular weight is 502 g/mol. The lowest BCUT2D eigenvalue weighted by Crippen LogP contribution is -2.15. The first-order valence-corrected chi connectivity index (χ1v) is 12.4. The van der Waals surface area contributed by atoms with E-state index in [9.17, 15) is 9.59 Å². The molecule has 8 nitrogen and oxygen atoms in total. The lowest BCUT2D eigenvalue weighted by molar-refractivity contribution is -0.113. The second kappa shape index (κ2) is 11.5. The number of esters is 1. The van der Waals surface area contributed by atoms with Gasteiger partial charge in [0.1, 0.15) is 0 Å². The van der Waals surface area contributed by atoms with Crippen molar-refractivity contribution in [2.75, 3.05) is 23.5 Å². The zero-order valence-electron chi connectivity index (χ0n) is 20.3. The minimum absolute atomic E-state index is 0.147. The van der Waals surface area contributed by atoms with Crippen LogP contribution in [0.4, 0.5) is 11.4 Å². The molecule has 1 amide bonds. The molecule has 0 aliphatic carbocycles. The quantitative estimate of drug-likeness (QED) is 0.246. The third-order valence-electron chi connectivity index (χ3n) is 5.54. The molecule has 4 rings (SSSR count). The molecule has 0 spiro atoms. The van der Waals surface area contributed by atoms with Gasteiger partial charge in [0.05, 0.1) is 25.0 Å². The van der Waals surface area contributed by atoms with E-state index in [1.54, 1.807) is 24.3 Å². The van der Waals surface area contributed by atoms with Gasteiger partial charge in [0.15, 0.2) is 11.0 Å². The standard InChI is InChI=1S/C27H27N5O3S/c1-18-8-7-9-19(2)25(18)28-16-23-30-31-27(32(23)22-10-5-4-6-11-22)36-17-24(33)29-21-14-12-20(13-15-21)26(34)35-3/h4-15,28H,16-17H2,1-3H3,(H,29,33). The number of thioether (sulfide) groups is 1. The van der Waals surface area contributed by atoms with Gasteiger partial charge in [-0.15, -0.1) is 10.2 Å². The molecule has 3 aromatic carbocycles. The van der Waals surface area contributed by atoms with Gasteiger partial charge in [-0.3, -0.25) is 9.36 Å². The van der Waals surface area contributed by atoms with Crippen LogP contribution in [0.3, 0.4) is 0 Å². The second-order valence-electron chi connectivity index (χ2n) is 8.10. The molecule has 36 heavy (non-hydrogen) atoms. The van der Waals surface area contributed by atoms with Crippen LogP contribution in [0, 0.1) is 13.8 Å². The van der Waals surface area contributed by atoms with Crippen molar-refractivity contribution in [3.63, 3.8) is 0 Å². The van der Waals surface area contributed by atoms with E-state index in [4.69, 9.17) is 4.74 Å². The summed E-state index contributed by atoms with van der Waals surface area (Å²) in [5.74, 6) is 0.272. The fourth-order valence-electron chi connectivity index (χ4n) is 3.74. The molecule has 1 heterocycles. The molecular weight excluding hydrogens is 474 g/mol. The van der Waals surface area contributed by atoms with E-state index >= 15 is 0 Å². The van der Waals surface area contributed by atoms with Crippen molar-refractivity contribution in [3.8, 4) is 5.69 Å². The Kier molecular flexibility index (Phi) is 8.02. The summed E-state index contributed by atoms with van der Waals surface area (Å²) in [6.45, 7) is 4.62. The van der Waals surface area contributed by atoms with Gasteiger partial charge in [0.25, 0.3) is 0 Å². The number of aromatic nitrogens is 3. The molecule has 0 aliphatic rings. The number of ether oxygens (including phenoxy) is 1. The Morgan fingerprint density at radius 2 is 1.61 bits per heavy atom. The van der Waals surface area contributed by atoms with Crippen LogP contribution in [0.25, 0.3) is 5.69 Å². The molecule has 9 heteroatoms. The number of benzene rings is 3. The smallest absolute Gasteiger partial charge is 0.337 e. The number of amides is 1. The Bertz CT molecular complexity index is 1330. The van der Waals surface area contributed by atoms with Crippen LogP contribution in [-0.4, -0.2) is 39.5 Å². The van der Waals surface area contributed by atoms with Crippen molar-refractivity contribution in [3.05, 3.63) is 95.3 Å². The van der Waals surface area contributed by atoms with Crippen molar-refractivity contribution < 1.29 is 14.3 Å². The maximum Gasteiger partial charge on any atom is 0.337 e. The zero-order chi connectivity index (χ0) is 25.5. The summed E-state index contributed by atoms with van der Waals surface area (Å²) in [6, 6.07) is 22.6. The molecular formula is C27H27N5O3S. The van der Waals surface area contributed by atoms with Crippen molar-refractivity contribution in [2.24, 2.45) is 0 Å². The topological polar surface area (TPSA) is 98.1 Å². The van der Waals surface area contributed by atoms with Crippen LogP contribution >= 0.6 is 11.8 Å². The molecule has 0 atom stereocenters. The van der Waals surface area contributed by atoms with Crippen LogP contribution in [0.5, 0.6) is 0 Å². The van der Waals surface area contributed by atoms with Gasteiger partial charge >= 0.3 is 5.97 Å². The normalized spacial score (nSPS) is 10.6. The van der Waals surface area contributed by atoms with Crippen molar-refractivity contribution >= 4 is 35.0 Å². The van der Waals surface area contributed by atoms with Crippen molar-refractivity contribution in [2.45, 2.75) is 25.5 Å². The SMILES string of the molecule is COC(=O)c1ccc(NC(=O)CSc2nnc(CNc3c(C)cccc3C)n2-c2ccccc2)cc1. The van der Waals surface area contributed by atoms with Crippen LogP contribution < -0.4 is 10.6 Å². The molecule has 0 bridgehead atoms. The Hall–Kier alpha value is -4.11. The highest BCUT2D eigenvalue weighted by atomic mass is 32.2. The van der Waals surface area contributed by atoms with Gasteiger partial charge in [-0.05, 0) is 61.4 Å². The number of aryl methyl sites for hydroxylation is 2. The number of hydrogen-bond acceptors (Lipinski definition) is 7. The highest BCUT2D eigenvalue weighted by Crippen LogP contribution is 2.25. The van der Waals surface area contributed by atoms with E-state index in [1.165, 1.54) is 18.9 Å². The molecule has 0 saturated heterocycles. The van der Waals surface area contributed by atoms with Gasteiger partial charge in [0, 0.05) is 17.1 Å². The average Bonchev–Trinajstić information content (AvgIpc) is 3.30. The summed E-state index contributed by atoms with van der Waals surface area (Å²) < 4.78 is 6.66. The largest absolute Gasteiger partial charge is 0.465 e. The number of nitrogens with one attached hydrogen (secondary N) is 2. The van der Waals surface area contributed by atoms with E-state index < -0.39 is 5.97 Å². The number of methoxy groups -OCH3 is 1. The Labute approximate surface area is 214 Å². The molecule has 1 aromatic heterocycles. The number of anilines is 2. The molecule has 184 valence electrons. The maximum atomic E-state index is 12.6. The number of nitrogens with zero attached hydrogens (tertiary/aromatic N) is 3. The summed E-state index contributed by atoms with van der Waals surface area (Å²) in [7, 11) is 1.33. The minimum atomic E-state index is -0.424. The lowest BCUT2D eigenvalue weighted by atomic mass is 10.1. The number of carbonyl (C=O) groups is 2. The van der Waals surface area contributed by atoms with E-state index in [2.05, 4.69) is 46.8 Å². The van der Waals surface area contributed by atoms with Gasteiger partial charge < -0.3 is 15.4 Å². The fourth-order valence-corrected chi connectivity index (χ4v) is 4.51. The molecule has 2 N–H and O–H groups in total. The van der Waals surface area contributed by atoms with Crippen LogP contribution in [0.15, 0.2) is 78.0 Å². The van der Waals surface area contributed by atoms with Crippen LogP contribution in [0.1, 0.15) is 27.3 Å². The predicted molar refractivity (Wildman–Crippen MR) is 142 cm³/mol. The van der Waals surface area contributed by atoms with E-state index in [1.807, 2.05) is 41.0 Å². The second-order valence-corrected chi connectivity index (χ2v) is 9.04. The highest BCUT2D eigenvalue weighted by molar-refractivity contribution is 7.99. The van der Waals surface area contributed by atoms with E-state index in [0.717, 1.165) is 28.3 Å². The van der Waals surface area contributed by atoms with Gasteiger partial charge in [0.2, 0.25) is 5.91 Å². The van der Waals surface area contributed by atoms with Gasteiger partial charge in [-0.25, -0.2) is 4.79 Å². The number of rotatable bonds is 9. The summed E-state index contributed by atoms with van der Waals surface area (Å²) >= 11 is 1.31. The van der Waals surface area contributed by atoms with E-state index in [-0.39, 0.29) is 11.7 Å². The van der Waals surface area contributed by atoms with E-state index in [0.29, 0.717) is 23.0 Å². The summed E-state index contributed by atoms with van der Waals surface area (Å²) in [5.41, 5.74) is 5.33. The molecule has 0 unspecified atom stereocenters. The molecule has 4 aromatic rings. The first-order valence-electron chi connectivity index (χ1n) is 11.4. The summed E-state index contributed by atoms with van der Waals surface area (Å²) in [4.78, 5) is 24.2. The lowest BCUT2D eigenvalue weighted by Gasteiger charge is -2.14. The van der Waals surface area contributed by atoms with Crippen molar-refractivity contribution in [1.29, 1.82) is 0 Å². The third-order valence-corrected chi connectivity index (χ3v) is 6.47. The monoisotopic (exact) mass is 501 g/mol. The summed E-state index contributed by atoms with van der Waals surface area (Å²) in [5, 5.41) is 15.7. The highest BCUT2D eigenvalue weighted by Gasteiger charge is 2.16. The predicted octanol–water partition coefficient (Wildman–Crippen LogP) is 5.01. The molecule has 0 fully saturated rings. The number of hydrogen-bond donors (Lipinski definition) is 2. The fraction of sp³-hybridized carbons (Fsp3) is 0.185. The molecule has 0 radical (unpaired) electrons. The summed E-state index contributed by atoms with van der Waals surface area (Å²) in [6.07, 6.45) is 0. The maximum absolute atomic E-state index is 12.6. The van der Waals surface area contributed by atoms with Crippen LogP contribution in [0.2, 0.25) is 0 Å². The van der Waals surface area contributed by atoms with Crippen LogP contribution in [-0.2, 0) is 16.1 Å².